The second-order valence-electron chi connectivity index (χ2n) is 15.8. The van der Waals surface area contributed by atoms with Crippen LogP contribution < -0.4 is 14.9 Å². The lowest BCUT2D eigenvalue weighted by atomic mass is 9.93. The third kappa shape index (κ3) is 11.0. The van der Waals surface area contributed by atoms with Gasteiger partial charge in [0.2, 0.25) is 0 Å². The number of hydrogen-bond donors (Lipinski definition) is 2. The minimum absolute atomic E-state index is 0.0471. The molecule has 2 aliphatic heterocycles. The molecule has 0 spiro atoms. The van der Waals surface area contributed by atoms with Crippen molar-refractivity contribution in [3.63, 3.8) is 0 Å². The molecule has 1 atom stereocenters. The van der Waals surface area contributed by atoms with E-state index in [0.717, 1.165) is 105 Å². The average Bonchev–Trinajstić information content (AvgIpc) is 3.29. The Labute approximate surface area is 369 Å². The summed E-state index contributed by atoms with van der Waals surface area (Å²) in [5.74, 6) is 0.196. The number of fused-ring (bicyclic) bond motifs is 1. The van der Waals surface area contributed by atoms with E-state index >= 15 is 0 Å². The number of thioether (sulfide) groups is 1. The molecule has 1 amide bonds. The summed E-state index contributed by atoms with van der Waals surface area (Å²) in [5, 5.41) is 6.85. The Morgan fingerprint density at radius 1 is 0.787 bits per heavy atom. The van der Waals surface area contributed by atoms with E-state index < -0.39 is 15.9 Å². The number of nitrogens with zero attached hydrogens (tertiary/aromatic N) is 3. The number of aryl methyl sites for hydroxylation is 1. The minimum Gasteiger partial charge on any atom is -0.381 e. The molecule has 0 bridgehead atoms. The fourth-order valence-corrected chi connectivity index (χ4v) is 10.3. The lowest BCUT2D eigenvalue weighted by molar-refractivity contribution is 0.0370. The normalized spacial score (nSPS) is 15.7. The Hall–Kier alpha value is -4.88. The number of sulfonamides is 1. The largest absolute Gasteiger partial charge is 0.381 e. The van der Waals surface area contributed by atoms with Crippen LogP contribution in [-0.4, -0.2) is 94.9 Å². The summed E-state index contributed by atoms with van der Waals surface area (Å²) in [4.78, 5) is 21.8. The number of amides is 1. The van der Waals surface area contributed by atoms with Crippen LogP contribution >= 0.6 is 23.4 Å². The number of morpholine rings is 1. The molecule has 316 valence electrons. The lowest BCUT2D eigenvalue weighted by Crippen LogP contribution is -2.46. The molecule has 0 aliphatic carbocycles. The number of anilines is 2. The van der Waals surface area contributed by atoms with Gasteiger partial charge in [-0.15, -0.1) is 11.8 Å². The van der Waals surface area contributed by atoms with Crippen molar-refractivity contribution in [1.29, 1.82) is 0 Å². The summed E-state index contributed by atoms with van der Waals surface area (Å²) in [6.45, 7) is 10.5. The molecular weight excluding hydrogens is 822 g/mol. The number of hydrogen-bond acceptors (Lipinski definition) is 9. The number of ether oxygens (including phenoxy) is 1. The first-order valence-electron chi connectivity index (χ1n) is 20.9. The maximum Gasteiger partial charge on any atom is 0.264 e. The summed E-state index contributed by atoms with van der Waals surface area (Å²) in [6, 6.07) is 43.7. The minimum atomic E-state index is -4.12. The van der Waals surface area contributed by atoms with Crippen molar-refractivity contribution in [2.24, 2.45) is 0 Å². The Kier molecular flexibility index (Phi) is 13.9. The van der Waals surface area contributed by atoms with Gasteiger partial charge in [0, 0.05) is 91.0 Å². The summed E-state index contributed by atoms with van der Waals surface area (Å²) in [7, 11) is -4.12. The van der Waals surface area contributed by atoms with Crippen molar-refractivity contribution in [3.8, 4) is 11.1 Å². The van der Waals surface area contributed by atoms with Crippen LogP contribution in [0.25, 0.3) is 21.9 Å². The van der Waals surface area contributed by atoms with Crippen molar-refractivity contribution in [1.82, 2.24) is 14.5 Å². The van der Waals surface area contributed by atoms with Gasteiger partial charge in [-0.05, 0) is 113 Å². The topological polar surface area (TPSA) is 94.2 Å². The first-order valence-corrected chi connectivity index (χ1v) is 23.8. The van der Waals surface area contributed by atoms with Gasteiger partial charge in [-0.3, -0.25) is 14.6 Å². The first-order chi connectivity index (χ1) is 29.7. The van der Waals surface area contributed by atoms with E-state index in [9.17, 15) is 13.2 Å². The number of carbonyl (C=O) groups excluding carboxylic acids is 1. The molecule has 0 saturated carbocycles. The predicted octanol–water partition coefficient (Wildman–Crippen LogP) is 9.20. The van der Waals surface area contributed by atoms with Gasteiger partial charge in [0.1, 0.15) is 0 Å². The number of carbonyl (C=O) groups is 1. The highest BCUT2D eigenvalue weighted by atomic mass is 35.5. The maximum absolute atomic E-state index is 13.5. The second kappa shape index (κ2) is 19.9. The van der Waals surface area contributed by atoms with Crippen LogP contribution in [0.15, 0.2) is 143 Å². The number of piperazine rings is 1. The lowest BCUT2D eigenvalue weighted by Gasteiger charge is -2.36. The number of benzene rings is 6. The van der Waals surface area contributed by atoms with Crippen molar-refractivity contribution >= 4 is 61.4 Å². The monoisotopic (exact) mass is 873 g/mol. The van der Waals surface area contributed by atoms with E-state index in [-0.39, 0.29) is 16.5 Å². The molecule has 0 unspecified atom stereocenters. The molecule has 2 fully saturated rings. The van der Waals surface area contributed by atoms with E-state index in [1.165, 1.54) is 26.8 Å². The zero-order valence-corrected chi connectivity index (χ0v) is 36.8. The summed E-state index contributed by atoms with van der Waals surface area (Å²) in [5.41, 5.74) is 6.62. The summed E-state index contributed by atoms with van der Waals surface area (Å²) < 4.78 is 34.8. The van der Waals surface area contributed by atoms with Gasteiger partial charge in [-0.25, -0.2) is 13.1 Å². The quantitative estimate of drug-likeness (QED) is 0.0981. The molecule has 2 N–H and O–H groups in total. The van der Waals surface area contributed by atoms with Crippen molar-refractivity contribution in [2.45, 2.75) is 35.7 Å². The Balaban J connectivity index is 0.865. The highest BCUT2D eigenvalue weighted by molar-refractivity contribution is 7.99. The van der Waals surface area contributed by atoms with Crippen molar-refractivity contribution in [2.75, 3.05) is 75.0 Å². The van der Waals surface area contributed by atoms with Crippen LogP contribution in [0.1, 0.15) is 27.9 Å². The molecule has 2 saturated heterocycles. The van der Waals surface area contributed by atoms with Gasteiger partial charge in [-0.2, -0.15) is 0 Å². The van der Waals surface area contributed by atoms with Crippen LogP contribution in [0.5, 0.6) is 0 Å². The highest BCUT2D eigenvalue weighted by Crippen LogP contribution is 2.34. The fraction of sp³-hybridized carbons (Fsp3) is 0.286. The Bertz CT molecular complexity index is 2530. The zero-order valence-electron chi connectivity index (χ0n) is 34.4. The van der Waals surface area contributed by atoms with Crippen molar-refractivity contribution < 1.29 is 17.9 Å². The summed E-state index contributed by atoms with van der Waals surface area (Å²) in [6.07, 6.45) is 0.934. The molecule has 8 rings (SSSR count). The van der Waals surface area contributed by atoms with Gasteiger partial charge >= 0.3 is 0 Å². The molecule has 61 heavy (non-hydrogen) atoms. The summed E-state index contributed by atoms with van der Waals surface area (Å²) >= 11 is 8.05. The van der Waals surface area contributed by atoms with Crippen LogP contribution in [0.4, 0.5) is 11.4 Å². The number of rotatable bonds is 15. The van der Waals surface area contributed by atoms with Crippen LogP contribution in [0, 0.1) is 6.92 Å². The van der Waals surface area contributed by atoms with Crippen LogP contribution in [0.2, 0.25) is 5.02 Å². The predicted molar refractivity (Wildman–Crippen MR) is 251 cm³/mol. The molecule has 12 heteroatoms. The molecule has 6 aromatic rings. The smallest absolute Gasteiger partial charge is 0.264 e. The van der Waals surface area contributed by atoms with E-state index in [0.29, 0.717) is 0 Å². The van der Waals surface area contributed by atoms with E-state index in [4.69, 9.17) is 16.3 Å². The van der Waals surface area contributed by atoms with Gasteiger partial charge in [0.25, 0.3) is 15.9 Å². The number of halogens is 1. The molecular formula is C49H52ClN5O4S2. The third-order valence-electron chi connectivity index (χ3n) is 11.6. The highest BCUT2D eigenvalue weighted by Gasteiger charge is 2.23. The molecule has 2 aliphatic rings. The molecule has 2 heterocycles. The number of nitrogens with one attached hydrogen (secondary N) is 2. The molecule has 0 aromatic heterocycles. The van der Waals surface area contributed by atoms with Gasteiger partial charge in [0.05, 0.1) is 18.1 Å². The van der Waals surface area contributed by atoms with Gasteiger partial charge < -0.3 is 15.0 Å². The van der Waals surface area contributed by atoms with E-state index in [1.807, 2.05) is 49.4 Å². The second-order valence-corrected chi connectivity index (χ2v) is 19.0. The zero-order chi connectivity index (χ0) is 42.2. The fourth-order valence-electron chi connectivity index (χ4n) is 8.13. The van der Waals surface area contributed by atoms with Gasteiger partial charge in [0.15, 0.2) is 0 Å². The van der Waals surface area contributed by atoms with Crippen LogP contribution in [0.3, 0.4) is 0 Å². The van der Waals surface area contributed by atoms with Gasteiger partial charge in [-0.1, -0.05) is 78.3 Å². The maximum atomic E-state index is 13.5. The molecule has 0 radical (unpaired) electrons. The standard InChI is InChI=1S/C49H52ClN5O4S2/c1-36-33-45(21-22-47(36)51-42(23-24-53-29-31-59-32-30-53)35-60-44-8-3-2-4-9-44)61(57,58)52-49(56)39-15-19-43(20-16-39)55-27-25-54(26-28-55)34-40-12-11-37-7-5-6-10-46(37)48(40)38-13-17-41(50)18-14-38/h2-22,33,42,51H,23-32,34-35H2,1H3,(H,52,56)/t42-/m1/s1. The SMILES string of the molecule is Cc1cc(S(=O)(=O)NC(=O)c2ccc(N3CCN(Cc4ccc5ccccc5c4-c4ccc(Cl)cc4)CC3)cc2)ccc1N[C@H](CCN1CCOCC1)CSc1ccccc1. The van der Waals surface area contributed by atoms with E-state index in [2.05, 4.69) is 85.4 Å². The Morgan fingerprint density at radius 2 is 1.51 bits per heavy atom. The van der Waals surface area contributed by atoms with Crippen LogP contribution in [-0.2, 0) is 21.3 Å². The molecule has 9 nitrogen and oxygen atoms in total. The average molecular weight is 875 g/mol. The third-order valence-corrected chi connectivity index (χ3v) is 14.4. The van der Waals surface area contributed by atoms with Crippen molar-refractivity contribution in [3.05, 3.63) is 155 Å². The Morgan fingerprint density at radius 3 is 2.25 bits per heavy atom. The first kappa shape index (κ1) is 42.8. The molecule has 6 aromatic carbocycles. The van der Waals surface area contributed by atoms with E-state index in [1.54, 1.807) is 42.1 Å².